The van der Waals surface area contributed by atoms with E-state index in [-0.39, 0.29) is 12.5 Å². The molecule has 1 N–H and O–H groups in total. The van der Waals surface area contributed by atoms with Crippen molar-refractivity contribution in [1.82, 2.24) is 10.2 Å². The van der Waals surface area contributed by atoms with Gasteiger partial charge in [-0.3, -0.25) is 9.69 Å². The Morgan fingerprint density at radius 3 is 2.86 bits per heavy atom. The summed E-state index contributed by atoms with van der Waals surface area (Å²) in [5, 5.41) is 3.03. The molecule has 0 radical (unpaired) electrons. The predicted octanol–water partition coefficient (Wildman–Crippen LogP) is 2.30. The Labute approximate surface area is 132 Å². The Hall–Kier alpha value is -1.55. The maximum absolute atomic E-state index is 11.9. The number of piperidine rings is 3. The fraction of sp³-hybridized carbons (Fsp3) is 0.611. The van der Waals surface area contributed by atoms with E-state index in [0.29, 0.717) is 6.04 Å². The summed E-state index contributed by atoms with van der Waals surface area (Å²) in [5.41, 5.74) is 0. The van der Waals surface area contributed by atoms with E-state index in [9.17, 15) is 4.79 Å². The number of amides is 1. The first-order valence-corrected chi connectivity index (χ1v) is 8.45. The summed E-state index contributed by atoms with van der Waals surface area (Å²) in [6.45, 7) is 5.55. The quantitative estimate of drug-likeness (QED) is 0.877. The van der Waals surface area contributed by atoms with Crippen LogP contribution in [0.15, 0.2) is 30.3 Å². The van der Waals surface area contributed by atoms with Crippen molar-refractivity contribution in [2.24, 2.45) is 11.8 Å². The van der Waals surface area contributed by atoms with E-state index in [1.165, 1.54) is 32.4 Å². The van der Waals surface area contributed by atoms with Gasteiger partial charge in [0.2, 0.25) is 0 Å². The van der Waals surface area contributed by atoms with Gasteiger partial charge in [-0.1, -0.05) is 31.5 Å². The van der Waals surface area contributed by atoms with Crippen molar-refractivity contribution in [3.8, 4) is 5.75 Å². The molecule has 120 valence electrons. The Morgan fingerprint density at radius 2 is 2.18 bits per heavy atom. The van der Waals surface area contributed by atoms with Crippen LogP contribution in [0.1, 0.15) is 26.2 Å². The summed E-state index contributed by atoms with van der Waals surface area (Å²) in [5.74, 6) is 2.43. The van der Waals surface area contributed by atoms with Crippen LogP contribution in [-0.4, -0.2) is 43.1 Å². The van der Waals surface area contributed by atoms with E-state index in [1.54, 1.807) is 0 Å². The lowest BCUT2D eigenvalue weighted by atomic mass is 9.74. The maximum Gasteiger partial charge on any atom is 0.257 e. The number of ether oxygens (including phenoxy) is 1. The number of nitrogens with zero attached hydrogens (tertiary/aromatic N) is 1. The van der Waals surface area contributed by atoms with Crippen LogP contribution in [0.5, 0.6) is 5.75 Å². The number of hydrogen-bond acceptors (Lipinski definition) is 3. The van der Waals surface area contributed by atoms with Crippen LogP contribution in [-0.2, 0) is 4.79 Å². The molecule has 4 atom stereocenters. The van der Waals surface area contributed by atoms with Crippen LogP contribution >= 0.6 is 0 Å². The summed E-state index contributed by atoms with van der Waals surface area (Å²) in [7, 11) is 0. The number of hydrogen-bond donors (Lipinski definition) is 1. The molecule has 0 aliphatic carbocycles. The Balaban J connectivity index is 1.40. The van der Waals surface area contributed by atoms with Gasteiger partial charge in [-0.25, -0.2) is 0 Å². The number of benzene rings is 1. The molecule has 4 rings (SSSR count). The van der Waals surface area contributed by atoms with E-state index in [4.69, 9.17) is 4.74 Å². The Morgan fingerprint density at radius 1 is 1.36 bits per heavy atom. The zero-order valence-corrected chi connectivity index (χ0v) is 13.3. The van der Waals surface area contributed by atoms with Gasteiger partial charge in [-0.15, -0.1) is 0 Å². The summed E-state index contributed by atoms with van der Waals surface area (Å²) >= 11 is 0. The Kier molecular flexibility index (Phi) is 4.98. The summed E-state index contributed by atoms with van der Waals surface area (Å²) < 4.78 is 5.48. The third-order valence-electron chi connectivity index (χ3n) is 5.19. The van der Waals surface area contributed by atoms with E-state index in [2.05, 4.69) is 17.1 Å². The van der Waals surface area contributed by atoms with E-state index in [0.717, 1.165) is 24.1 Å². The van der Waals surface area contributed by atoms with Gasteiger partial charge < -0.3 is 10.1 Å². The summed E-state index contributed by atoms with van der Waals surface area (Å²) in [6.07, 6.45) is 3.85. The van der Waals surface area contributed by atoms with Crippen molar-refractivity contribution >= 4 is 5.91 Å². The van der Waals surface area contributed by atoms with Gasteiger partial charge >= 0.3 is 0 Å². The molecule has 1 amide bonds. The average Bonchev–Trinajstić information content (AvgIpc) is 2.59. The van der Waals surface area contributed by atoms with Crippen LogP contribution in [0.3, 0.4) is 0 Å². The zero-order valence-electron chi connectivity index (χ0n) is 13.3. The number of carbonyl (C=O) groups is 1. The number of fused-ring (bicyclic) bond motifs is 3. The van der Waals surface area contributed by atoms with Crippen molar-refractivity contribution in [2.45, 2.75) is 32.2 Å². The first-order chi connectivity index (χ1) is 10.8. The fourth-order valence-electron chi connectivity index (χ4n) is 3.87. The van der Waals surface area contributed by atoms with Crippen molar-refractivity contribution in [2.75, 3.05) is 26.2 Å². The van der Waals surface area contributed by atoms with Crippen LogP contribution in [0, 0.1) is 11.8 Å². The smallest absolute Gasteiger partial charge is 0.257 e. The molecule has 4 nitrogen and oxygen atoms in total. The first-order valence-electron chi connectivity index (χ1n) is 8.45. The lowest BCUT2D eigenvalue weighted by Crippen LogP contribution is -2.56. The molecule has 1 aromatic carbocycles. The molecule has 0 saturated carbocycles. The molecule has 4 heteroatoms. The van der Waals surface area contributed by atoms with Crippen molar-refractivity contribution < 1.29 is 9.53 Å². The third kappa shape index (κ3) is 3.61. The molecule has 0 spiro atoms. The minimum Gasteiger partial charge on any atom is -0.484 e. The SMILES string of the molecule is CC[C@H]1CN2CC[C@H]1C[C@@H]2CNC(=O)COc1ccccc1. The summed E-state index contributed by atoms with van der Waals surface area (Å²) in [4.78, 5) is 14.5. The average molecular weight is 302 g/mol. The topological polar surface area (TPSA) is 41.6 Å². The predicted molar refractivity (Wildman–Crippen MR) is 86.8 cm³/mol. The van der Waals surface area contributed by atoms with Gasteiger partial charge in [0.25, 0.3) is 5.91 Å². The number of para-hydroxylation sites is 1. The monoisotopic (exact) mass is 302 g/mol. The van der Waals surface area contributed by atoms with Gasteiger partial charge in [0, 0.05) is 19.1 Å². The van der Waals surface area contributed by atoms with E-state index in [1.807, 2.05) is 30.3 Å². The second-order valence-electron chi connectivity index (χ2n) is 6.51. The highest BCUT2D eigenvalue weighted by molar-refractivity contribution is 5.77. The van der Waals surface area contributed by atoms with Gasteiger partial charge in [-0.2, -0.15) is 0 Å². The van der Waals surface area contributed by atoms with Crippen LogP contribution < -0.4 is 10.1 Å². The largest absolute Gasteiger partial charge is 0.484 e. The van der Waals surface area contributed by atoms with Crippen molar-refractivity contribution in [1.29, 1.82) is 0 Å². The van der Waals surface area contributed by atoms with Crippen molar-refractivity contribution in [3.63, 3.8) is 0 Å². The molecule has 3 fully saturated rings. The highest BCUT2D eigenvalue weighted by Gasteiger charge is 2.38. The molecule has 1 unspecified atom stereocenters. The lowest BCUT2D eigenvalue weighted by Gasteiger charge is -2.50. The van der Waals surface area contributed by atoms with Crippen LogP contribution in [0.4, 0.5) is 0 Å². The van der Waals surface area contributed by atoms with E-state index < -0.39 is 0 Å². The number of carbonyl (C=O) groups excluding carboxylic acids is 1. The number of nitrogens with one attached hydrogen (secondary N) is 1. The molecule has 0 aromatic heterocycles. The fourth-order valence-corrected chi connectivity index (χ4v) is 3.87. The Bertz CT molecular complexity index is 491. The molecule has 1 aromatic rings. The third-order valence-corrected chi connectivity index (χ3v) is 5.19. The number of rotatable bonds is 6. The van der Waals surface area contributed by atoms with Crippen LogP contribution in [0.2, 0.25) is 0 Å². The maximum atomic E-state index is 11.9. The summed E-state index contributed by atoms with van der Waals surface area (Å²) in [6, 6.07) is 9.99. The highest BCUT2D eigenvalue weighted by atomic mass is 16.5. The molecular weight excluding hydrogens is 276 g/mol. The van der Waals surface area contributed by atoms with Gasteiger partial charge in [0.15, 0.2) is 6.61 Å². The molecule has 22 heavy (non-hydrogen) atoms. The lowest BCUT2D eigenvalue weighted by molar-refractivity contribution is -0.123. The molecule has 3 aliphatic rings. The first kappa shape index (κ1) is 15.3. The molecule has 2 bridgehead atoms. The standard InChI is InChI=1S/C18H26N2O2/c1-2-14-12-20-9-8-15(14)10-16(20)11-19-18(21)13-22-17-6-4-3-5-7-17/h3-7,14-16H,2,8-13H2,1H3,(H,19,21)/t14-,15-,16+/m0/s1. The zero-order chi connectivity index (χ0) is 15.4. The van der Waals surface area contributed by atoms with Crippen molar-refractivity contribution in [3.05, 3.63) is 30.3 Å². The molecule has 3 aliphatic heterocycles. The van der Waals surface area contributed by atoms with Gasteiger partial charge in [-0.05, 0) is 43.4 Å². The normalized spacial score (nSPS) is 30.0. The van der Waals surface area contributed by atoms with E-state index >= 15 is 0 Å². The second kappa shape index (κ2) is 7.14. The molecule has 3 heterocycles. The highest BCUT2D eigenvalue weighted by Crippen LogP contribution is 2.37. The van der Waals surface area contributed by atoms with Crippen LogP contribution in [0.25, 0.3) is 0 Å². The van der Waals surface area contributed by atoms with Gasteiger partial charge in [0.05, 0.1) is 0 Å². The minimum atomic E-state index is -0.0291. The van der Waals surface area contributed by atoms with Gasteiger partial charge in [0.1, 0.15) is 5.75 Å². The minimum absolute atomic E-state index is 0.0291. The molecule has 3 saturated heterocycles. The molecular formula is C18H26N2O2. The second-order valence-corrected chi connectivity index (χ2v) is 6.51.